The normalized spacial score (nSPS) is 11.5. The smallest absolute Gasteiger partial charge is 0.128 e. The van der Waals surface area contributed by atoms with Gasteiger partial charge in [-0.05, 0) is 31.0 Å². The van der Waals surface area contributed by atoms with E-state index in [1.807, 2.05) is 23.6 Å². The monoisotopic (exact) mass is 306 g/mol. The van der Waals surface area contributed by atoms with Crippen molar-refractivity contribution in [2.24, 2.45) is 5.73 Å². The Bertz CT molecular complexity index is 606. The van der Waals surface area contributed by atoms with Crippen LogP contribution in [0.4, 0.5) is 0 Å². The molecule has 0 spiro atoms. The summed E-state index contributed by atoms with van der Waals surface area (Å²) in [4.78, 5) is 4.74. The Morgan fingerprint density at radius 3 is 2.48 bits per heavy atom. The lowest BCUT2D eigenvalue weighted by Gasteiger charge is -2.23. The molecule has 1 aromatic heterocycles. The number of hydrogen-bond donors (Lipinski definition) is 1. The molecule has 0 saturated heterocycles. The number of methoxy groups -OCH3 is 2. The number of ether oxygens (including phenoxy) is 2. The van der Waals surface area contributed by atoms with Crippen LogP contribution in [0.5, 0.6) is 11.5 Å². The van der Waals surface area contributed by atoms with Gasteiger partial charge in [0.05, 0.1) is 25.5 Å². The Balaban J connectivity index is 2.46. The minimum absolute atomic E-state index is 0.352. The lowest BCUT2D eigenvalue weighted by atomic mass is 9.95. The molecular formula is C16H22N2O2S. The summed E-state index contributed by atoms with van der Waals surface area (Å²) in [6, 6.07) is 5.71. The standard InChI is InChI=1S/C16H22N2O2S/c1-5-16(17,6-2)15-18-13(10-21-15)12-9-11(19-3)7-8-14(12)20-4/h7-10H,5-6,17H2,1-4H3. The summed E-state index contributed by atoms with van der Waals surface area (Å²) in [7, 11) is 3.31. The second kappa shape index (κ2) is 6.45. The molecule has 0 aliphatic carbocycles. The average molecular weight is 306 g/mol. The maximum Gasteiger partial charge on any atom is 0.128 e. The molecule has 0 radical (unpaired) electrons. The van der Waals surface area contributed by atoms with Crippen molar-refractivity contribution < 1.29 is 9.47 Å². The lowest BCUT2D eigenvalue weighted by molar-refractivity contribution is 0.403. The van der Waals surface area contributed by atoms with E-state index < -0.39 is 0 Å². The van der Waals surface area contributed by atoms with Crippen molar-refractivity contribution in [3.8, 4) is 22.8 Å². The van der Waals surface area contributed by atoms with E-state index in [1.165, 1.54) is 0 Å². The highest BCUT2D eigenvalue weighted by molar-refractivity contribution is 7.10. The van der Waals surface area contributed by atoms with E-state index in [2.05, 4.69) is 13.8 Å². The number of nitrogens with two attached hydrogens (primary N) is 1. The van der Waals surface area contributed by atoms with Crippen molar-refractivity contribution in [3.63, 3.8) is 0 Å². The minimum atomic E-state index is -0.352. The first kappa shape index (κ1) is 15.8. The van der Waals surface area contributed by atoms with Gasteiger partial charge in [0.15, 0.2) is 0 Å². The molecule has 2 aromatic rings. The predicted molar refractivity (Wildman–Crippen MR) is 87.1 cm³/mol. The van der Waals surface area contributed by atoms with Crippen molar-refractivity contribution in [2.45, 2.75) is 32.2 Å². The lowest BCUT2D eigenvalue weighted by Crippen LogP contribution is -2.34. The van der Waals surface area contributed by atoms with Gasteiger partial charge in [0.2, 0.25) is 0 Å². The molecule has 0 fully saturated rings. The van der Waals surface area contributed by atoms with Crippen LogP contribution in [0.25, 0.3) is 11.3 Å². The molecule has 1 heterocycles. The van der Waals surface area contributed by atoms with Crippen LogP contribution in [0, 0.1) is 0 Å². The van der Waals surface area contributed by atoms with Gasteiger partial charge in [0.1, 0.15) is 16.5 Å². The van der Waals surface area contributed by atoms with E-state index in [4.69, 9.17) is 20.2 Å². The van der Waals surface area contributed by atoms with Gasteiger partial charge < -0.3 is 15.2 Å². The molecule has 0 bridgehead atoms. The molecule has 0 unspecified atom stereocenters. The Morgan fingerprint density at radius 1 is 1.19 bits per heavy atom. The van der Waals surface area contributed by atoms with E-state index >= 15 is 0 Å². The summed E-state index contributed by atoms with van der Waals surface area (Å²) in [6.45, 7) is 4.19. The molecule has 2 N–H and O–H groups in total. The zero-order valence-corrected chi connectivity index (χ0v) is 13.8. The number of rotatable bonds is 6. The molecule has 21 heavy (non-hydrogen) atoms. The van der Waals surface area contributed by atoms with Crippen LogP contribution < -0.4 is 15.2 Å². The van der Waals surface area contributed by atoms with Crippen LogP contribution in [0.3, 0.4) is 0 Å². The third kappa shape index (κ3) is 3.04. The molecule has 0 atom stereocenters. The number of aromatic nitrogens is 1. The summed E-state index contributed by atoms with van der Waals surface area (Å²) in [5.41, 5.74) is 7.88. The first-order chi connectivity index (χ1) is 10.1. The maximum absolute atomic E-state index is 6.43. The van der Waals surface area contributed by atoms with Crippen LogP contribution in [0.2, 0.25) is 0 Å². The van der Waals surface area contributed by atoms with Crippen molar-refractivity contribution in [2.75, 3.05) is 14.2 Å². The third-order valence-corrected chi connectivity index (χ3v) is 4.94. The zero-order valence-electron chi connectivity index (χ0n) is 13.0. The Morgan fingerprint density at radius 2 is 1.90 bits per heavy atom. The van der Waals surface area contributed by atoms with Crippen molar-refractivity contribution in [1.29, 1.82) is 0 Å². The van der Waals surface area contributed by atoms with Gasteiger partial charge in [0, 0.05) is 10.9 Å². The van der Waals surface area contributed by atoms with Gasteiger partial charge in [-0.3, -0.25) is 0 Å². The summed E-state index contributed by atoms with van der Waals surface area (Å²) in [5.74, 6) is 1.56. The van der Waals surface area contributed by atoms with Crippen molar-refractivity contribution >= 4 is 11.3 Å². The predicted octanol–water partition coefficient (Wildman–Crippen LogP) is 3.80. The van der Waals surface area contributed by atoms with E-state index in [0.717, 1.165) is 40.6 Å². The Labute approximate surface area is 129 Å². The molecule has 114 valence electrons. The quantitative estimate of drug-likeness (QED) is 0.882. The number of hydrogen-bond acceptors (Lipinski definition) is 5. The number of nitrogens with zero attached hydrogens (tertiary/aromatic N) is 1. The molecule has 0 saturated carbocycles. The van der Waals surface area contributed by atoms with Crippen LogP contribution in [-0.4, -0.2) is 19.2 Å². The van der Waals surface area contributed by atoms with Gasteiger partial charge in [-0.1, -0.05) is 13.8 Å². The Kier molecular flexibility index (Phi) is 4.85. The van der Waals surface area contributed by atoms with Gasteiger partial charge in [0.25, 0.3) is 0 Å². The van der Waals surface area contributed by atoms with Gasteiger partial charge in [-0.25, -0.2) is 4.98 Å². The Hall–Kier alpha value is -1.59. The highest BCUT2D eigenvalue weighted by Crippen LogP contribution is 2.36. The fourth-order valence-electron chi connectivity index (χ4n) is 2.19. The fourth-order valence-corrected chi connectivity index (χ4v) is 3.27. The molecular weight excluding hydrogens is 284 g/mol. The minimum Gasteiger partial charge on any atom is -0.497 e. The van der Waals surface area contributed by atoms with E-state index in [1.54, 1.807) is 25.6 Å². The van der Waals surface area contributed by atoms with E-state index in [9.17, 15) is 0 Å². The van der Waals surface area contributed by atoms with E-state index in [-0.39, 0.29) is 5.54 Å². The number of benzene rings is 1. The first-order valence-electron chi connectivity index (χ1n) is 7.05. The highest BCUT2D eigenvalue weighted by Gasteiger charge is 2.27. The van der Waals surface area contributed by atoms with E-state index in [0.29, 0.717) is 0 Å². The van der Waals surface area contributed by atoms with Crippen molar-refractivity contribution in [3.05, 3.63) is 28.6 Å². The van der Waals surface area contributed by atoms with Gasteiger partial charge >= 0.3 is 0 Å². The second-order valence-electron chi connectivity index (χ2n) is 4.97. The fraction of sp³-hybridized carbons (Fsp3) is 0.438. The number of thiazole rings is 1. The summed E-state index contributed by atoms with van der Waals surface area (Å²) >= 11 is 1.60. The summed E-state index contributed by atoms with van der Waals surface area (Å²) in [5, 5.41) is 2.99. The highest BCUT2D eigenvalue weighted by atomic mass is 32.1. The van der Waals surface area contributed by atoms with Gasteiger partial charge in [-0.15, -0.1) is 11.3 Å². The van der Waals surface area contributed by atoms with Crippen molar-refractivity contribution in [1.82, 2.24) is 4.98 Å². The zero-order chi connectivity index (χ0) is 15.5. The molecule has 5 heteroatoms. The second-order valence-corrected chi connectivity index (χ2v) is 5.83. The topological polar surface area (TPSA) is 57.4 Å². The summed E-state index contributed by atoms with van der Waals surface area (Å²) < 4.78 is 10.7. The first-order valence-corrected chi connectivity index (χ1v) is 7.93. The molecule has 0 aliphatic heterocycles. The van der Waals surface area contributed by atoms with Crippen LogP contribution in [0.1, 0.15) is 31.7 Å². The van der Waals surface area contributed by atoms with Gasteiger partial charge in [-0.2, -0.15) is 0 Å². The molecule has 4 nitrogen and oxygen atoms in total. The third-order valence-electron chi connectivity index (χ3n) is 3.87. The van der Waals surface area contributed by atoms with Crippen LogP contribution >= 0.6 is 11.3 Å². The molecule has 0 aliphatic rings. The van der Waals surface area contributed by atoms with Crippen LogP contribution in [-0.2, 0) is 5.54 Å². The maximum atomic E-state index is 6.43. The SMILES string of the molecule is CCC(N)(CC)c1nc(-c2cc(OC)ccc2OC)cs1. The summed E-state index contributed by atoms with van der Waals surface area (Å²) in [6.07, 6.45) is 1.73. The largest absolute Gasteiger partial charge is 0.497 e. The molecule has 0 amide bonds. The molecule has 2 rings (SSSR count). The average Bonchev–Trinajstić information content (AvgIpc) is 3.03. The molecule has 1 aromatic carbocycles. The van der Waals surface area contributed by atoms with Crippen LogP contribution in [0.15, 0.2) is 23.6 Å².